The van der Waals surface area contributed by atoms with Crippen molar-refractivity contribution >= 4 is 17.7 Å². The Morgan fingerprint density at radius 1 is 1.32 bits per heavy atom. The monoisotopic (exact) mass is 258 g/mol. The van der Waals surface area contributed by atoms with Crippen LogP contribution in [0.2, 0.25) is 0 Å². The summed E-state index contributed by atoms with van der Waals surface area (Å²) in [5.74, 6) is 0.0726. The quantitative estimate of drug-likeness (QED) is 0.800. The molecule has 0 aliphatic rings. The zero-order chi connectivity index (χ0) is 13.8. The normalized spacial score (nSPS) is 11.0. The maximum absolute atomic E-state index is 11.7. The van der Waals surface area contributed by atoms with Gasteiger partial charge in [-0.2, -0.15) is 0 Å². The van der Waals surface area contributed by atoms with E-state index in [0.717, 1.165) is 5.56 Å². The van der Waals surface area contributed by atoms with Crippen molar-refractivity contribution < 1.29 is 0 Å². The molecule has 0 aliphatic carbocycles. The number of hydrogen-bond acceptors (Lipinski definition) is 4. The maximum Gasteiger partial charge on any atom is 0.330 e. The van der Waals surface area contributed by atoms with Crippen LogP contribution in [0.1, 0.15) is 12.5 Å². The van der Waals surface area contributed by atoms with E-state index in [4.69, 9.17) is 5.73 Å². The number of nitrogens with zero attached hydrogens (tertiary/aromatic N) is 2. The van der Waals surface area contributed by atoms with Crippen molar-refractivity contribution in [2.24, 2.45) is 4.99 Å². The van der Waals surface area contributed by atoms with Crippen molar-refractivity contribution in [1.29, 1.82) is 0 Å². The van der Waals surface area contributed by atoms with E-state index in [0.29, 0.717) is 6.54 Å². The summed E-state index contributed by atoms with van der Waals surface area (Å²) in [5.41, 5.74) is 5.57. The van der Waals surface area contributed by atoms with Gasteiger partial charge < -0.3 is 5.73 Å². The second kappa shape index (κ2) is 5.34. The highest BCUT2D eigenvalue weighted by Gasteiger charge is 2.09. The molecule has 2 aromatic rings. The van der Waals surface area contributed by atoms with E-state index in [2.05, 4.69) is 9.98 Å². The summed E-state index contributed by atoms with van der Waals surface area (Å²) in [6.45, 7) is 2.13. The number of nitrogens with one attached hydrogen (secondary N) is 1. The zero-order valence-corrected chi connectivity index (χ0v) is 10.5. The number of aliphatic imine (C=N–C) groups is 1. The number of aromatic nitrogens is 2. The second-order valence-corrected chi connectivity index (χ2v) is 3.91. The molecule has 0 saturated carbocycles. The molecule has 1 aromatic heterocycles. The first-order valence-electron chi connectivity index (χ1n) is 5.85. The van der Waals surface area contributed by atoms with Crippen LogP contribution in [0.25, 0.3) is 0 Å². The summed E-state index contributed by atoms with van der Waals surface area (Å²) in [6.07, 6.45) is 1.53. The molecule has 0 bridgehead atoms. The molecule has 1 aromatic carbocycles. The average Bonchev–Trinajstić information content (AvgIpc) is 2.39. The number of H-pyrrole nitrogens is 1. The van der Waals surface area contributed by atoms with Crippen LogP contribution in [-0.4, -0.2) is 15.8 Å². The molecule has 0 saturated heterocycles. The molecule has 0 aliphatic heterocycles. The topological polar surface area (TPSA) is 93.2 Å². The molecule has 0 spiro atoms. The van der Waals surface area contributed by atoms with Gasteiger partial charge >= 0.3 is 5.69 Å². The summed E-state index contributed by atoms with van der Waals surface area (Å²) in [4.78, 5) is 29.4. The Kier molecular flexibility index (Phi) is 3.61. The van der Waals surface area contributed by atoms with Crippen LogP contribution < -0.4 is 17.0 Å². The summed E-state index contributed by atoms with van der Waals surface area (Å²) in [5, 5.41) is 0. The summed E-state index contributed by atoms with van der Waals surface area (Å²) >= 11 is 0. The Morgan fingerprint density at radius 2 is 2.00 bits per heavy atom. The third-order valence-corrected chi connectivity index (χ3v) is 2.67. The number of rotatable bonds is 3. The van der Waals surface area contributed by atoms with Gasteiger partial charge in [0.1, 0.15) is 5.82 Å². The highest BCUT2D eigenvalue weighted by Crippen LogP contribution is 2.13. The summed E-state index contributed by atoms with van der Waals surface area (Å²) in [6, 6.07) is 9.31. The lowest BCUT2D eigenvalue weighted by Crippen LogP contribution is -2.31. The lowest BCUT2D eigenvalue weighted by atomic mass is 10.2. The van der Waals surface area contributed by atoms with Crippen molar-refractivity contribution in [3.8, 4) is 0 Å². The smallest absolute Gasteiger partial charge is 0.330 e. The van der Waals surface area contributed by atoms with Crippen LogP contribution in [0.4, 0.5) is 11.5 Å². The fourth-order valence-electron chi connectivity index (χ4n) is 1.69. The Hall–Kier alpha value is -2.63. The van der Waals surface area contributed by atoms with Gasteiger partial charge in [-0.05, 0) is 12.5 Å². The maximum atomic E-state index is 11.7. The fraction of sp³-hybridized carbons (Fsp3) is 0.154. The number of nitrogen functional groups attached to an aromatic ring is 1. The molecule has 2 rings (SSSR count). The van der Waals surface area contributed by atoms with Crippen LogP contribution in [0.5, 0.6) is 0 Å². The molecule has 3 N–H and O–H groups in total. The number of benzene rings is 1. The summed E-state index contributed by atoms with van der Waals surface area (Å²) in [7, 11) is 0. The van der Waals surface area contributed by atoms with Gasteiger partial charge in [0.25, 0.3) is 5.56 Å². The predicted octanol–water partition coefficient (Wildman–Crippen LogP) is 0.889. The molecular formula is C13H14N4O2. The predicted molar refractivity (Wildman–Crippen MR) is 75.1 cm³/mol. The average molecular weight is 258 g/mol. The van der Waals surface area contributed by atoms with Gasteiger partial charge in [-0.3, -0.25) is 14.3 Å². The number of hydrogen-bond donors (Lipinski definition) is 2. The van der Waals surface area contributed by atoms with Gasteiger partial charge in [0.15, 0.2) is 5.69 Å². The Bertz CT molecular complexity index is 714. The van der Waals surface area contributed by atoms with Gasteiger partial charge in [0.2, 0.25) is 0 Å². The minimum Gasteiger partial charge on any atom is -0.383 e. The van der Waals surface area contributed by atoms with E-state index in [-0.39, 0.29) is 11.5 Å². The van der Waals surface area contributed by atoms with Crippen LogP contribution in [0, 0.1) is 0 Å². The molecule has 98 valence electrons. The Morgan fingerprint density at radius 3 is 2.63 bits per heavy atom. The van der Waals surface area contributed by atoms with Crippen LogP contribution in [-0.2, 0) is 6.54 Å². The van der Waals surface area contributed by atoms with Crippen LogP contribution in [0.3, 0.4) is 0 Å². The molecular weight excluding hydrogens is 244 g/mol. The third kappa shape index (κ3) is 2.62. The van der Waals surface area contributed by atoms with Crippen molar-refractivity contribution in [3.05, 3.63) is 56.7 Å². The van der Waals surface area contributed by atoms with E-state index in [1.165, 1.54) is 10.8 Å². The first-order valence-corrected chi connectivity index (χ1v) is 5.85. The number of nitrogens with two attached hydrogens (primary N) is 1. The molecule has 0 radical (unpaired) electrons. The lowest BCUT2D eigenvalue weighted by molar-refractivity contribution is 0.706. The lowest BCUT2D eigenvalue weighted by Gasteiger charge is -2.07. The third-order valence-electron chi connectivity index (χ3n) is 2.67. The first-order chi connectivity index (χ1) is 9.13. The van der Waals surface area contributed by atoms with Gasteiger partial charge in [-0.1, -0.05) is 30.3 Å². The fourth-order valence-corrected chi connectivity index (χ4v) is 1.69. The van der Waals surface area contributed by atoms with E-state index < -0.39 is 11.2 Å². The highest BCUT2D eigenvalue weighted by molar-refractivity contribution is 5.83. The standard InChI is InChI=1S/C13H14N4O2/c1-2-17-11(14)10(12(18)16-13(17)19)15-8-9-6-4-3-5-7-9/h3-8H,2,14H2,1H3,(H,16,18,19)/b15-8+. The Balaban J connectivity index is 2.49. The van der Waals surface area contributed by atoms with Gasteiger partial charge in [0, 0.05) is 12.8 Å². The second-order valence-electron chi connectivity index (χ2n) is 3.91. The van der Waals surface area contributed by atoms with E-state index in [9.17, 15) is 9.59 Å². The molecule has 1 heterocycles. The molecule has 0 unspecified atom stereocenters. The molecule has 19 heavy (non-hydrogen) atoms. The zero-order valence-electron chi connectivity index (χ0n) is 10.5. The largest absolute Gasteiger partial charge is 0.383 e. The molecule has 0 fully saturated rings. The van der Waals surface area contributed by atoms with E-state index >= 15 is 0 Å². The van der Waals surface area contributed by atoms with Crippen molar-refractivity contribution in [2.45, 2.75) is 13.5 Å². The van der Waals surface area contributed by atoms with Crippen molar-refractivity contribution in [2.75, 3.05) is 5.73 Å². The number of aromatic amines is 1. The van der Waals surface area contributed by atoms with Gasteiger partial charge in [-0.25, -0.2) is 9.79 Å². The van der Waals surface area contributed by atoms with Crippen molar-refractivity contribution in [1.82, 2.24) is 9.55 Å². The molecule has 6 heteroatoms. The van der Waals surface area contributed by atoms with Gasteiger partial charge in [-0.15, -0.1) is 0 Å². The molecule has 6 nitrogen and oxygen atoms in total. The molecule has 0 amide bonds. The van der Waals surface area contributed by atoms with Crippen LogP contribution >= 0.6 is 0 Å². The highest BCUT2D eigenvalue weighted by atomic mass is 16.2. The minimum atomic E-state index is -0.584. The minimum absolute atomic E-state index is 0.0466. The number of anilines is 1. The Labute approximate surface area is 109 Å². The van der Waals surface area contributed by atoms with E-state index in [1.54, 1.807) is 6.92 Å². The molecule has 0 atom stereocenters. The van der Waals surface area contributed by atoms with Crippen LogP contribution in [0.15, 0.2) is 44.9 Å². The summed E-state index contributed by atoms with van der Waals surface area (Å²) < 4.78 is 1.26. The van der Waals surface area contributed by atoms with Gasteiger partial charge in [0.05, 0.1) is 0 Å². The SMILES string of the molecule is CCn1c(N)c(/N=C/c2ccccc2)c(=O)[nH]c1=O. The first kappa shape index (κ1) is 12.8. The van der Waals surface area contributed by atoms with E-state index in [1.807, 2.05) is 30.3 Å². The van der Waals surface area contributed by atoms with Crippen molar-refractivity contribution in [3.63, 3.8) is 0 Å².